The van der Waals surface area contributed by atoms with Crippen molar-refractivity contribution in [2.45, 2.75) is 31.8 Å². The predicted octanol–water partition coefficient (Wildman–Crippen LogP) is 2.64. The first-order valence-electron chi connectivity index (χ1n) is 9.24. The Hall–Kier alpha value is -2.25. The van der Waals surface area contributed by atoms with Crippen molar-refractivity contribution in [2.24, 2.45) is 7.05 Å². The lowest BCUT2D eigenvalue weighted by atomic mass is 10.3. The largest absolute Gasteiger partial charge is 0.467 e. The molecule has 0 saturated carbocycles. The third-order valence-electron chi connectivity index (χ3n) is 4.44. The first-order valence-corrected chi connectivity index (χ1v) is 9.68. The van der Waals surface area contributed by atoms with Crippen LogP contribution in [0.1, 0.15) is 24.8 Å². The van der Waals surface area contributed by atoms with Gasteiger partial charge in [-0.05, 0) is 37.6 Å². The van der Waals surface area contributed by atoms with Crippen LogP contribution in [-0.2, 0) is 34.5 Å². The van der Waals surface area contributed by atoms with Crippen molar-refractivity contribution in [2.75, 3.05) is 26.8 Å². The number of aromatic nitrogens is 1. The number of carbonyl (C=O) groups is 2. The van der Waals surface area contributed by atoms with Gasteiger partial charge < -0.3 is 23.5 Å². The minimum Gasteiger partial charge on any atom is -0.467 e. The van der Waals surface area contributed by atoms with Crippen molar-refractivity contribution in [3.8, 4) is 0 Å². The highest BCUT2D eigenvalue weighted by molar-refractivity contribution is 6.30. The summed E-state index contributed by atoms with van der Waals surface area (Å²) in [4.78, 5) is 28.7. The molecule has 2 aromatic rings. The Morgan fingerprint density at radius 2 is 2.04 bits per heavy atom. The molecular formula is C20H28ClN3O4. The van der Waals surface area contributed by atoms with Crippen LogP contribution in [0.3, 0.4) is 0 Å². The third-order valence-corrected chi connectivity index (χ3v) is 4.62. The number of amides is 2. The van der Waals surface area contributed by atoms with Crippen molar-refractivity contribution >= 4 is 23.4 Å². The average Bonchev–Trinajstić information content (AvgIpc) is 3.31. The second-order valence-corrected chi connectivity index (χ2v) is 7.32. The second-order valence-electron chi connectivity index (χ2n) is 6.66. The van der Waals surface area contributed by atoms with E-state index in [4.69, 9.17) is 20.8 Å². The van der Waals surface area contributed by atoms with Gasteiger partial charge in [0.25, 0.3) is 0 Å². The summed E-state index contributed by atoms with van der Waals surface area (Å²) in [6, 6.07) is 7.51. The van der Waals surface area contributed by atoms with E-state index in [1.165, 1.54) is 4.90 Å². The van der Waals surface area contributed by atoms with E-state index in [0.29, 0.717) is 38.4 Å². The molecule has 0 saturated heterocycles. The number of ether oxygens (including phenoxy) is 1. The number of hydrogen-bond donors (Lipinski definition) is 0. The Balaban J connectivity index is 2.13. The van der Waals surface area contributed by atoms with Crippen LogP contribution in [0.4, 0.5) is 0 Å². The van der Waals surface area contributed by atoms with Crippen LogP contribution in [0.15, 0.2) is 41.1 Å². The van der Waals surface area contributed by atoms with Crippen molar-refractivity contribution < 1.29 is 18.7 Å². The molecule has 0 bridgehead atoms. The van der Waals surface area contributed by atoms with Gasteiger partial charge in [0.2, 0.25) is 11.8 Å². The first kappa shape index (κ1) is 22.0. The van der Waals surface area contributed by atoms with Crippen LogP contribution in [0.5, 0.6) is 0 Å². The van der Waals surface area contributed by atoms with E-state index < -0.39 is 5.38 Å². The van der Waals surface area contributed by atoms with Gasteiger partial charge in [-0.3, -0.25) is 9.59 Å². The number of alkyl halides is 1. The molecule has 28 heavy (non-hydrogen) atoms. The van der Waals surface area contributed by atoms with Gasteiger partial charge in [-0.2, -0.15) is 0 Å². The molecular weight excluding hydrogens is 382 g/mol. The molecule has 2 rings (SSSR count). The molecule has 154 valence electrons. The van der Waals surface area contributed by atoms with Gasteiger partial charge >= 0.3 is 0 Å². The number of nitrogens with zero attached hydrogens (tertiary/aromatic N) is 3. The Labute approximate surface area is 170 Å². The molecule has 0 radical (unpaired) electrons. The maximum atomic E-state index is 13.1. The van der Waals surface area contributed by atoms with Crippen LogP contribution in [0, 0.1) is 0 Å². The van der Waals surface area contributed by atoms with Crippen LogP contribution in [-0.4, -0.2) is 58.4 Å². The summed E-state index contributed by atoms with van der Waals surface area (Å²) in [6.07, 6.45) is 4.14. The second kappa shape index (κ2) is 10.9. The zero-order chi connectivity index (χ0) is 20.5. The third kappa shape index (κ3) is 6.42. The Kier molecular flexibility index (Phi) is 8.60. The number of hydrogen-bond acceptors (Lipinski definition) is 4. The summed E-state index contributed by atoms with van der Waals surface area (Å²) >= 11 is 5.98. The molecule has 0 aliphatic heterocycles. The van der Waals surface area contributed by atoms with Crippen molar-refractivity contribution in [1.82, 2.24) is 14.4 Å². The van der Waals surface area contributed by atoms with E-state index in [9.17, 15) is 9.59 Å². The van der Waals surface area contributed by atoms with Crippen LogP contribution in [0.25, 0.3) is 0 Å². The van der Waals surface area contributed by atoms with Gasteiger partial charge in [-0.25, -0.2) is 0 Å². The monoisotopic (exact) mass is 409 g/mol. The zero-order valence-electron chi connectivity index (χ0n) is 16.6. The van der Waals surface area contributed by atoms with E-state index in [1.54, 1.807) is 31.3 Å². The van der Waals surface area contributed by atoms with Gasteiger partial charge in [-0.15, -0.1) is 11.6 Å². The quantitative estimate of drug-likeness (QED) is 0.422. The first-order chi connectivity index (χ1) is 13.4. The predicted molar refractivity (Wildman–Crippen MR) is 107 cm³/mol. The standard InChI is InChI=1S/C20H28ClN3O4/c1-16(21)20(26)23(10-6-11-27-3)15-19(25)24(14-18-8-5-12-28-18)13-17-7-4-9-22(17)2/h4-5,7-9,12,16H,6,10-11,13-15H2,1-3H3. The van der Waals surface area contributed by atoms with Crippen molar-refractivity contribution in [3.63, 3.8) is 0 Å². The summed E-state index contributed by atoms with van der Waals surface area (Å²) in [5.41, 5.74) is 0.989. The highest BCUT2D eigenvalue weighted by Gasteiger charge is 2.24. The van der Waals surface area contributed by atoms with Gasteiger partial charge in [0.15, 0.2) is 0 Å². The van der Waals surface area contributed by atoms with Gasteiger partial charge in [0.05, 0.1) is 25.9 Å². The van der Waals surface area contributed by atoms with E-state index in [2.05, 4.69) is 0 Å². The molecule has 1 unspecified atom stereocenters. The fourth-order valence-corrected chi connectivity index (χ4v) is 3.00. The Bertz CT molecular complexity index is 742. The molecule has 0 aliphatic carbocycles. The van der Waals surface area contributed by atoms with E-state index in [1.807, 2.05) is 36.0 Å². The van der Waals surface area contributed by atoms with E-state index in [0.717, 1.165) is 5.69 Å². The summed E-state index contributed by atoms with van der Waals surface area (Å²) < 4.78 is 12.4. The highest BCUT2D eigenvalue weighted by atomic mass is 35.5. The van der Waals surface area contributed by atoms with Crippen LogP contribution < -0.4 is 0 Å². The highest BCUT2D eigenvalue weighted by Crippen LogP contribution is 2.13. The molecule has 2 heterocycles. The maximum absolute atomic E-state index is 13.1. The fourth-order valence-electron chi connectivity index (χ4n) is 2.86. The molecule has 2 amide bonds. The number of rotatable bonds is 11. The number of carbonyl (C=O) groups excluding carboxylic acids is 2. The Morgan fingerprint density at radius 1 is 1.25 bits per heavy atom. The SMILES string of the molecule is COCCCN(CC(=O)N(Cc1ccco1)Cc1cccn1C)C(=O)C(C)Cl. The van der Waals surface area contributed by atoms with Gasteiger partial charge in [0, 0.05) is 39.2 Å². The van der Waals surface area contributed by atoms with Crippen molar-refractivity contribution in [1.29, 1.82) is 0 Å². The summed E-state index contributed by atoms with van der Waals surface area (Å²) in [7, 11) is 3.53. The lowest BCUT2D eigenvalue weighted by Gasteiger charge is -2.28. The van der Waals surface area contributed by atoms with Crippen LogP contribution in [0.2, 0.25) is 0 Å². The molecule has 0 N–H and O–H groups in total. The van der Waals surface area contributed by atoms with Crippen LogP contribution >= 0.6 is 11.6 Å². The smallest absolute Gasteiger partial charge is 0.242 e. The molecule has 0 fully saturated rings. The van der Waals surface area contributed by atoms with Gasteiger partial charge in [0.1, 0.15) is 11.1 Å². The molecule has 0 spiro atoms. The summed E-state index contributed by atoms with van der Waals surface area (Å²) in [5.74, 6) is 0.258. The van der Waals surface area contributed by atoms with E-state index in [-0.39, 0.29) is 18.4 Å². The minimum absolute atomic E-state index is 0.0370. The Morgan fingerprint density at radius 3 is 2.61 bits per heavy atom. The number of methoxy groups -OCH3 is 1. The number of furan rings is 1. The van der Waals surface area contributed by atoms with E-state index >= 15 is 0 Å². The molecule has 1 atom stereocenters. The minimum atomic E-state index is -0.693. The maximum Gasteiger partial charge on any atom is 0.242 e. The molecule has 2 aromatic heterocycles. The molecule has 0 aromatic carbocycles. The van der Waals surface area contributed by atoms with Crippen molar-refractivity contribution in [3.05, 3.63) is 48.2 Å². The molecule has 8 heteroatoms. The number of aryl methyl sites for hydroxylation is 1. The molecule has 7 nitrogen and oxygen atoms in total. The van der Waals surface area contributed by atoms with Gasteiger partial charge in [-0.1, -0.05) is 0 Å². The lowest BCUT2D eigenvalue weighted by Crippen LogP contribution is -2.45. The lowest BCUT2D eigenvalue weighted by molar-refractivity contribution is -0.141. The molecule has 0 aliphatic rings. The zero-order valence-corrected chi connectivity index (χ0v) is 17.4. The summed E-state index contributed by atoms with van der Waals surface area (Å²) in [6.45, 7) is 3.24. The average molecular weight is 410 g/mol. The number of halogens is 1. The summed E-state index contributed by atoms with van der Waals surface area (Å²) in [5, 5.41) is -0.693. The fraction of sp³-hybridized carbons (Fsp3) is 0.500. The topological polar surface area (TPSA) is 67.9 Å². The normalized spacial score (nSPS) is 12.0.